The number of pyridine rings is 1. The molecule has 0 saturated heterocycles. The van der Waals surface area contributed by atoms with E-state index in [0.29, 0.717) is 17.5 Å². The van der Waals surface area contributed by atoms with E-state index in [0.717, 1.165) is 61.5 Å². The quantitative estimate of drug-likeness (QED) is 0.166. The fourth-order valence-electron chi connectivity index (χ4n) is 7.19. The molecule has 246 valence electrons. The van der Waals surface area contributed by atoms with Crippen molar-refractivity contribution in [2.75, 3.05) is 0 Å². The Hall–Kier alpha value is -6.78. The molecule has 0 bridgehead atoms. The van der Waals surface area contributed by atoms with E-state index in [1.165, 1.54) is 21.5 Å². The summed E-state index contributed by atoms with van der Waals surface area (Å²) in [6.07, 6.45) is 0. The molecule has 9 rings (SSSR count). The first-order valence-corrected chi connectivity index (χ1v) is 17.6. The van der Waals surface area contributed by atoms with Gasteiger partial charge in [0.2, 0.25) is 0 Å². The molecule has 0 spiro atoms. The summed E-state index contributed by atoms with van der Waals surface area (Å²) in [5.74, 6) is 1.87. The summed E-state index contributed by atoms with van der Waals surface area (Å²) >= 11 is 0. The van der Waals surface area contributed by atoms with Crippen LogP contribution in [0.2, 0.25) is 0 Å². The van der Waals surface area contributed by atoms with Gasteiger partial charge in [0.25, 0.3) is 0 Å². The van der Waals surface area contributed by atoms with E-state index in [1.54, 1.807) is 0 Å². The summed E-state index contributed by atoms with van der Waals surface area (Å²) in [5, 5.41) is 4.87. The molecule has 0 aliphatic carbocycles. The monoisotopic (exact) mass is 666 g/mol. The van der Waals surface area contributed by atoms with Gasteiger partial charge >= 0.3 is 0 Å². The lowest BCUT2D eigenvalue weighted by Gasteiger charge is -2.15. The van der Waals surface area contributed by atoms with E-state index in [9.17, 15) is 0 Å². The Morgan fingerprint density at radius 3 is 1.50 bits per heavy atom. The first kappa shape index (κ1) is 31.2. The van der Waals surface area contributed by atoms with Gasteiger partial charge in [0.1, 0.15) is 0 Å². The molecule has 52 heavy (non-hydrogen) atoms. The predicted molar refractivity (Wildman–Crippen MR) is 215 cm³/mol. The van der Waals surface area contributed by atoms with E-state index in [-0.39, 0.29) is 0 Å². The van der Waals surface area contributed by atoms with Crippen LogP contribution in [0, 0.1) is 13.8 Å². The van der Waals surface area contributed by atoms with Gasteiger partial charge in [-0.25, -0.2) is 15.0 Å². The number of rotatable bonds is 6. The van der Waals surface area contributed by atoms with Crippen LogP contribution in [0.15, 0.2) is 170 Å². The maximum Gasteiger partial charge on any atom is 0.164 e. The summed E-state index contributed by atoms with van der Waals surface area (Å²) in [4.78, 5) is 20.1. The van der Waals surface area contributed by atoms with Crippen molar-refractivity contribution in [2.45, 2.75) is 13.8 Å². The molecule has 0 saturated carbocycles. The van der Waals surface area contributed by atoms with Crippen LogP contribution in [0.5, 0.6) is 0 Å². The van der Waals surface area contributed by atoms with E-state index < -0.39 is 0 Å². The van der Waals surface area contributed by atoms with Crippen molar-refractivity contribution in [1.82, 2.24) is 19.9 Å². The van der Waals surface area contributed by atoms with Crippen LogP contribution in [0.3, 0.4) is 0 Å². The molecule has 2 aromatic heterocycles. The lowest BCUT2D eigenvalue weighted by molar-refractivity contribution is 1.07. The summed E-state index contributed by atoms with van der Waals surface area (Å²) in [6.45, 7) is 4.10. The van der Waals surface area contributed by atoms with Gasteiger partial charge in [-0.1, -0.05) is 127 Å². The molecule has 0 N–H and O–H groups in total. The zero-order chi connectivity index (χ0) is 35.0. The molecule has 0 amide bonds. The Bertz CT molecular complexity index is 2730. The van der Waals surface area contributed by atoms with Crippen molar-refractivity contribution in [1.29, 1.82) is 0 Å². The minimum absolute atomic E-state index is 0.615. The highest BCUT2D eigenvalue weighted by Gasteiger charge is 2.17. The minimum Gasteiger partial charge on any atom is -0.258 e. The zero-order valence-electron chi connectivity index (χ0n) is 29.0. The largest absolute Gasteiger partial charge is 0.258 e. The normalized spacial score (nSPS) is 11.3. The van der Waals surface area contributed by atoms with Gasteiger partial charge in [0, 0.05) is 28.1 Å². The molecule has 0 radical (unpaired) electrons. The third-order valence-electron chi connectivity index (χ3n) is 9.58. The molecule has 4 nitrogen and oxygen atoms in total. The van der Waals surface area contributed by atoms with Crippen LogP contribution in [0.1, 0.15) is 11.4 Å². The van der Waals surface area contributed by atoms with Crippen LogP contribution < -0.4 is 0 Å². The maximum atomic E-state index is 5.22. The van der Waals surface area contributed by atoms with Gasteiger partial charge < -0.3 is 0 Å². The SMILES string of the molecule is Cc1cc(-c2cc(-c3nc(-c4ccccc4)nc(-c4cccc(-c5ccccc5)c4)n3)cc(-c3cc4ccccc4c4ccccc34)c2)cc(C)n1. The Balaban J connectivity index is 1.30. The lowest BCUT2D eigenvalue weighted by atomic mass is 9.90. The Morgan fingerprint density at radius 1 is 0.288 bits per heavy atom. The first-order valence-electron chi connectivity index (χ1n) is 17.6. The molecule has 9 aromatic rings. The Labute approximate surface area is 303 Å². The highest BCUT2D eigenvalue weighted by Crippen LogP contribution is 2.39. The summed E-state index contributed by atoms with van der Waals surface area (Å²) in [6, 6.07) is 59.6. The van der Waals surface area contributed by atoms with Crippen LogP contribution in [-0.2, 0) is 0 Å². The molecule has 0 atom stereocenters. The van der Waals surface area contributed by atoms with Gasteiger partial charge in [-0.2, -0.15) is 0 Å². The molecular formula is C48H34N4. The first-order chi connectivity index (χ1) is 25.6. The molecular weight excluding hydrogens is 633 g/mol. The highest BCUT2D eigenvalue weighted by molar-refractivity contribution is 6.14. The lowest BCUT2D eigenvalue weighted by Crippen LogP contribution is -2.01. The fourth-order valence-corrected chi connectivity index (χ4v) is 7.19. The second kappa shape index (κ2) is 13.2. The molecule has 0 fully saturated rings. The van der Waals surface area contributed by atoms with Gasteiger partial charge in [-0.3, -0.25) is 4.98 Å². The van der Waals surface area contributed by atoms with Crippen molar-refractivity contribution >= 4 is 21.5 Å². The number of nitrogens with zero attached hydrogens (tertiary/aromatic N) is 4. The molecule has 0 aliphatic heterocycles. The topological polar surface area (TPSA) is 51.6 Å². The second-order valence-electron chi connectivity index (χ2n) is 13.2. The second-order valence-corrected chi connectivity index (χ2v) is 13.2. The summed E-state index contributed by atoms with van der Waals surface area (Å²) < 4.78 is 0. The van der Waals surface area contributed by atoms with Gasteiger partial charge in [-0.15, -0.1) is 0 Å². The highest BCUT2D eigenvalue weighted by atomic mass is 15.0. The molecule has 2 heterocycles. The Morgan fingerprint density at radius 2 is 0.769 bits per heavy atom. The van der Waals surface area contributed by atoms with E-state index in [1.807, 2.05) is 38.1 Å². The number of hydrogen-bond acceptors (Lipinski definition) is 4. The molecule has 0 aliphatic rings. The van der Waals surface area contributed by atoms with Crippen molar-refractivity contribution < 1.29 is 0 Å². The summed E-state index contributed by atoms with van der Waals surface area (Å²) in [5.41, 5.74) is 11.4. The van der Waals surface area contributed by atoms with E-state index in [2.05, 4.69) is 151 Å². The third-order valence-corrected chi connectivity index (χ3v) is 9.58. The van der Waals surface area contributed by atoms with Crippen molar-refractivity contribution in [3.63, 3.8) is 0 Å². The molecule has 4 heteroatoms. The van der Waals surface area contributed by atoms with Crippen LogP contribution in [0.4, 0.5) is 0 Å². The third kappa shape index (κ3) is 6.01. The van der Waals surface area contributed by atoms with Gasteiger partial charge in [0.05, 0.1) is 0 Å². The van der Waals surface area contributed by atoms with Crippen LogP contribution in [0.25, 0.3) is 89.1 Å². The smallest absolute Gasteiger partial charge is 0.164 e. The predicted octanol–water partition coefficient (Wildman–Crippen LogP) is 12.2. The van der Waals surface area contributed by atoms with Crippen LogP contribution >= 0.6 is 0 Å². The van der Waals surface area contributed by atoms with Gasteiger partial charge in [-0.05, 0) is 111 Å². The number of benzene rings is 7. The van der Waals surface area contributed by atoms with E-state index >= 15 is 0 Å². The minimum atomic E-state index is 0.615. The van der Waals surface area contributed by atoms with Gasteiger partial charge in [0.15, 0.2) is 17.5 Å². The average molecular weight is 667 g/mol. The van der Waals surface area contributed by atoms with Crippen molar-refractivity contribution in [2.24, 2.45) is 0 Å². The summed E-state index contributed by atoms with van der Waals surface area (Å²) in [7, 11) is 0. The number of hydrogen-bond donors (Lipinski definition) is 0. The van der Waals surface area contributed by atoms with Crippen molar-refractivity contribution in [3.8, 4) is 67.5 Å². The average Bonchev–Trinajstić information content (AvgIpc) is 3.20. The molecule has 0 unspecified atom stereocenters. The Kier molecular flexibility index (Phi) is 7.90. The molecule has 7 aromatic carbocycles. The standard InChI is InChI=1S/C48H34N4/c1-31-24-38(25-32(2)49-31)39-27-40(45-30-36-18-9-10-21-42(36)43-22-11-12-23-44(43)45)29-41(28-39)48-51-46(34-16-7-4-8-17-34)50-47(52-48)37-20-13-19-35(26-37)33-14-5-3-6-15-33/h3-30H,1-2H3. The fraction of sp³-hybridized carbons (Fsp3) is 0.0417. The number of aromatic nitrogens is 4. The van der Waals surface area contributed by atoms with Crippen molar-refractivity contribution in [3.05, 3.63) is 181 Å². The van der Waals surface area contributed by atoms with E-state index in [4.69, 9.17) is 15.0 Å². The number of fused-ring (bicyclic) bond motifs is 3. The zero-order valence-corrected chi connectivity index (χ0v) is 29.0. The number of aryl methyl sites for hydroxylation is 2. The van der Waals surface area contributed by atoms with Crippen LogP contribution in [-0.4, -0.2) is 19.9 Å². The maximum absolute atomic E-state index is 5.22.